The van der Waals surface area contributed by atoms with E-state index in [1.807, 2.05) is 53.3 Å². The van der Waals surface area contributed by atoms with Gasteiger partial charge >= 0.3 is 0 Å². The molecule has 27 heavy (non-hydrogen) atoms. The molecule has 0 bridgehead atoms. The number of nitrogens with zero attached hydrogens (tertiary/aromatic N) is 4. The lowest BCUT2D eigenvalue weighted by Crippen LogP contribution is -2.24. The van der Waals surface area contributed by atoms with Crippen molar-refractivity contribution in [2.75, 3.05) is 18.6 Å². The number of anilines is 1. The quantitative estimate of drug-likeness (QED) is 0.697. The van der Waals surface area contributed by atoms with E-state index in [9.17, 15) is 4.79 Å². The van der Waals surface area contributed by atoms with Crippen molar-refractivity contribution in [3.05, 3.63) is 71.7 Å². The molecule has 6 nitrogen and oxygen atoms in total. The minimum Gasteiger partial charge on any atom is -0.497 e. The molecule has 0 radical (unpaired) electrons. The normalized spacial score (nSPS) is 14.0. The van der Waals surface area contributed by atoms with E-state index >= 15 is 0 Å². The molecule has 138 valence electrons. The van der Waals surface area contributed by atoms with Crippen molar-refractivity contribution in [2.24, 2.45) is 0 Å². The number of methoxy groups -OCH3 is 1. The lowest BCUT2D eigenvalue weighted by atomic mass is 10.1. The lowest BCUT2D eigenvalue weighted by Gasteiger charge is -2.20. The van der Waals surface area contributed by atoms with Crippen molar-refractivity contribution in [1.29, 1.82) is 0 Å². The number of fused-ring (bicyclic) bond motifs is 1. The SMILES string of the molecule is COc1ccc(Cn2cc3c(n2)N(Cc2ccccn2)CCCC3=O)cc1. The smallest absolute Gasteiger partial charge is 0.168 e. The van der Waals surface area contributed by atoms with Gasteiger partial charge in [-0.1, -0.05) is 18.2 Å². The number of ketones is 1. The number of hydrogen-bond donors (Lipinski definition) is 0. The molecule has 1 aliphatic heterocycles. The van der Waals surface area contributed by atoms with Crippen LogP contribution in [0.2, 0.25) is 0 Å². The molecule has 1 aromatic carbocycles. The summed E-state index contributed by atoms with van der Waals surface area (Å²) in [6.45, 7) is 2.07. The second-order valence-electron chi connectivity index (χ2n) is 6.68. The summed E-state index contributed by atoms with van der Waals surface area (Å²) in [6, 6.07) is 13.8. The van der Waals surface area contributed by atoms with Crippen molar-refractivity contribution in [1.82, 2.24) is 14.8 Å². The van der Waals surface area contributed by atoms with Crippen LogP contribution in [0.15, 0.2) is 54.9 Å². The van der Waals surface area contributed by atoms with Crippen molar-refractivity contribution in [3.8, 4) is 5.75 Å². The molecular formula is C21H22N4O2. The molecule has 0 aliphatic carbocycles. The Bertz CT molecular complexity index is 919. The van der Waals surface area contributed by atoms with Crippen LogP contribution in [0.3, 0.4) is 0 Å². The summed E-state index contributed by atoms with van der Waals surface area (Å²) in [7, 11) is 1.65. The topological polar surface area (TPSA) is 60.2 Å². The Hall–Kier alpha value is -3.15. The van der Waals surface area contributed by atoms with E-state index in [1.165, 1.54) is 0 Å². The monoisotopic (exact) mass is 362 g/mol. The summed E-state index contributed by atoms with van der Waals surface area (Å²) in [4.78, 5) is 19.1. The minimum atomic E-state index is 0.162. The first-order chi connectivity index (χ1) is 13.2. The summed E-state index contributed by atoms with van der Waals surface area (Å²) < 4.78 is 7.05. The van der Waals surface area contributed by atoms with Crippen LogP contribution in [0.4, 0.5) is 5.82 Å². The summed E-state index contributed by atoms with van der Waals surface area (Å²) in [5.74, 6) is 1.75. The van der Waals surface area contributed by atoms with Crippen LogP contribution in [0.1, 0.15) is 34.5 Å². The predicted molar refractivity (Wildman–Crippen MR) is 103 cm³/mol. The van der Waals surface area contributed by atoms with E-state index in [2.05, 4.69) is 9.88 Å². The summed E-state index contributed by atoms with van der Waals surface area (Å²) >= 11 is 0. The zero-order valence-electron chi connectivity index (χ0n) is 15.3. The first-order valence-electron chi connectivity index (χ1n) is 9.11. The average Bonchev–Trinajstić information content (AvgIpc) is 3.06. The van der Waals surface area contributed by atoms with E-state index in [4.69, 9.17) is 9.84 Å². The number of carbonyl (C=O) groups is 1. The van der Waals surface area contributed by atoms with Gasteiger partial charge in [-0.05, 0) is 36.2 Å². The number of benzene rings is 1. The maximum Gasteiger partial charge on any atom is 0.168 e. The second kappa shape index (κ2) is 7.61. The maximum absolute atomic E-state index is 12.5. The third-order valence-electron chi connectivity index (χ3n) is 4.76. The van der Waals surface area contributed by atoms with Crippen molar-refractivity contribution < 1.29 is 9.53 Å². The molecule has 0 unspecified atom stereocenters. The predicted octanol–water partition coefficient (Wildman–Crippen LogP) is 3.32. The Morgan fingerprint density at radius 2 is 1.96 bits per heavy atom. The highest BCUT2D eigenvalue weighted by Crippen LogP contribution is 2.26. The van der Waals surface area contributed by atoms with Crippen molar-refractivity contribution in [3.63, 3.8) is 0 Å². The molecule has 0 atom stereocenters. The van der Waals surface area contributed by atoms with Gasteiger partial charge in [-0.2, -0.15) is 5.10 Å². The third-order valence-corrected chi connectivity index (χ3v) is 4.76. The van der Waals surface area contributed by atoms with Crippen LogP contribution in [0, 0.1) is 0 Å². The van der Waals surface area contributed by atoms with E-state index in [0.29, 0.717) is 25.1 Å². The van der Waals surface area contributed by atoms with Gasteiger partial charge < -0.3 is 9.64 Å². The number of Topliss-reactive ketones (excluding diaryl/α,β-unsaturated/α-hetero) is 1. The second-order valence-corrected chi connectivity index (χ2v) is 6.68. The van der Waals surface area contributed by atoms with Gasteiger partial charge in [0.25, 0.3) is 0 Å². The van der Waals surface area contributed by atoms with Crippen LogP contribution < -0.4 is 9.64 Å². The Balaban J connectivity index is 1.60. The standard InChI is InChI=1S/C21H22N4O2/c1-27-18-9-7-16(8-10-18)13-25-15-19-20(26)6-4-12-24(21(19)23-25)14-17-5-2-3-11-22-17/h2-3,5,7-11,15H,4,6,12-14H2,1H3. The summed E-state index contributed by atoms with van der Waals surface area (Å²) in [5.41, 5.74) is 2.79. The van der Waals surface area contributed by atoms with Crippen molar-refractivity contribution in [2.45, 2.75) is 25.9 Å². The number of hydrogen-bond acceptors (Lipinski definition) is 5. The Kier molecular flexibility index (Phi) is 4.87. The molecule has 1 aliphatic rings. The van der Waals surface area contributed by atoms with Crippen LogP contribution >= 0.6 is 0 Å². The molecule has 0 amide bonds. The highest BCUT2D eigenvalue weighted by molar-refractivity contribution is 6.01. The molecule has 3 heterocycles. The maximum atomic E-state index is 12.5. The zero-order chi connectivity index (χ0) is 18.6. The van der Waals surface area contributed by atoms with Crippen LogP contribution in [0.25, 0.3) is 0 Å². The summed E-state index contributed by atoms with van der Waals surface area (Å²) in [6.07, 6.45) is 5.06. The molecule has 0 saturated heterocycles. The molecular weight excluding hydrogens is 340 g/mol. The number of carbonyl (C=O) groups excluding carboxylic acids is 1. The van der Waals surface area contributed by atoms with Gasteiger partial charge in [-0.3, -0.25) is 14.5 Å². The van der Waals surface area contributed by atoms with Gasteiger partial charge in [0.2, 0.25) is 0 Å². The zero-order valence-corrected chi connectivity index (χ0v) is 15.3. The fourth-order valence-corrected chi connectivity index (χ4v) is 3.35. The third kappa shape index (κ3) is 3.84. The Morgan fingerprint density at radius 3 is 2.70 bits per heavy atom. The fourth-order valence-electron chi connectivity index (χ4n) is 3.35. The fraction of sp³-hybridized carbons (Fsp3) is 0.286. The number of rotatable bonds is 5. The highest BCUT2D eigenvalue weighted by atomic mass is 16.5. The molecule has 0 spiro atoms. The number of ether oxygens (including phenoxy) is 1. The molecule has 6 heteroatoms. The van der Waals surface area contributed by atoms with E-state index in [0.717, 1.165) is 35.8 Å². The van der Waals surface area contributed by atoms with Crippen molar-refractivity contribution >= 4 is 11.6 Å². The number of aromatic nitrogens is 3. The summed E-state index contributed by atoms with van der Waals surface area (Å²) in [5, 5.41) is 4.74. The molecule has 3 aromatic rings. The molecule has 0 fully saturated rings. The van der Waals surface area contributed by atoms with E-state index in [1.54, 1.807) is 13.3 Å². The van der Waals surface area contributed by atoms with E-state index in [-0.39, 0.29) is 5.78 Å². The molecule has 0 N–H and O–H groups in total. The molecule has 4 rings (SSSR count). The number of pyridine rings is 1. The van der Waals surface area contributed by atoms with Gasteiger partial charge in [0.05, 0.1) is 31.5 Å². The largest absolute Gasteiger partial charge is 0.497 e. The van der Waals surface area contributed by atoms with Crippen LogP contribution in [0.5, 0.6) is 5.75 Å². The van der Waals surface area contributed by atoms with Gasteiger partial charge in [0, 0.05) is 25.4 Å². The highest BCUT2D eigenvalue weighted by Gasteiger charge is 2.25. The van der Waals surface area contributed by atoms with Gasteiger partial charge in [-0.25, -0.2) is 0 Å². The average molecular weight is 362 g/mol. The Morgan fingerprint density at radius 1 is 1.11 bits per heavy atom. The molecule has 0 saturated carbocycles. The van der Waals surface area contributed by atoms with Crippen LogP contribution in [-0.4, -0.2) is 34.2 Å². The van der Waals surface area contributed by atoms with E-state index < -0.39 is 0 Å². The first kappa shape index (κ1) is 17.3. The van der Waals surface area contributed by atoms with Gasteiger partial charge in [-0.15, -0.1) is 0 Å². The molecule has 2 aromatic heterocycles. The lowest BCUT2D eigenvalue weighted by molar-refractivity contribution is 0.0983. The van der Waals surface area contributed by atoms with Gasteiger partial charge in [0.15, 0.2) is 11.6 Å². The van der Waals surface area contributed by atoms with Crippen LogP contribution in [-0.2, 0) is 13.1 Å². The van der Waals surface area contributed by atoms with Gasteiger partial charge in [0.1, 0.15) is 5.75 Å². The minimum absolute atomic E-state index is 0.162. The Labute approximate surface area is 158 Å². The first-order valence-corrected chi connectivity index (χ1v) is 9.11.